The highest BCUT2D eigenvalue weighted by Gasteiger charge is 2.25. The lowest BCUT2D eigenvalue weighted by atomic mass is 10.2. The summed E-state index contributed by atoms with van der Waals surface area (Å²) < 4.78 is 38.9. The molecule has 0 unspecified atom stereocenters. The highest BCUT2D eigenvalue weighted by Crippen LogP contribution is 2.24. The molecular weight excluding hydrogens is 255 g/mol. The molecule has 0 heterocycles. The summed E-state index contributed by atoms with van der Waals surface area (Å²) in [6.07, 6.45) is 5.13. The van der Waals surface area contributed by atoms with Crippen LogP contribution in [-0.4, -0.2) is 25.8 Å². The second-order valence-electron chi connectivity index (χ2n) is 3.77. The molecule has 0 fully saturated rings. The van der Waals surface area contributed by atoms with Crippen LogP contribution in [0.2, 0.25) is 0 Å². The molecule has 0 radical (unpaired) electrons. The van der Waals surface area contributed by atoms with E-state index in [1.165, 1.54) is 6.92 Å². The number of nitrogen functional groups attached to an aromatic ring is 1. The monoisotopic (exact) mass is 270 g/mol. The molecule has 0 aliphatic rings. The van der Waals surface area contributed by atoms with Gasteiger partial charge in [0, 0.05) is 6.54 Å². The molecule has 1 aromatic carbocycles. The zero-order valence-corrected chi connectivity index (χ0v) is 11.1. The molecule has 1 rings (SSSR count). The Morgan fingerprint density at radius 1 is 1.50 bits per heavy atom. The van der Waals surface area contributed by atoms with Crippen molar-refractivity contribution in [2.75, 3.05) is 18.8 Å². The predicted octanol–water partition coefficient (Wildman–Crippen LogP) is 1.36. The lowest BCUT2D eigenvalue weighted by molar-refractivity contribution is 0.463. The minimum atomic E-state index is -3.74. The first-order valence-corrected chi connectivity index (χ1v) is 6.77. The maximum Gasteiger partial charge on any atom is 0.244 e. The molecule has 0 amide bonds. The minimum Gasteiger partial charge on any atom is -0.396 e. The summed E-state index contributed by atoms with van der Waals surface area (Å²) in [6.45, 7) is 3.40. The fourth-order valence-corrected chi connectivity index (χ4v) is 3.16. The Labute approximate surface area is 107 Å². The molecule has 0 bridgehead atoms. The normalized spacial score (nSPS) is 11.5. The topological polar surface area (TPSA) is 63.4 Å². The van der Waals surface area contributed by atoms with E-state index in [0.29, 0.717) is 5.56 Å². The standard InChI is InChI=1S/C12H15FN2O2S/c1-4-6-15(5-2)18(16,17)12-8-11(14)10(13)7-9(12)3/h1,7-8H,5-6,14H2,2-3H3. The van der Waals surface area contributed by atoms with Crippen molar-refractivity contribution in [1.29, 1.82) is 0 Å². The summed E-state index contributed by atoms with van der Waals surface area (Å²) in [5, 5.41) is 0. The van der Waals surface area contributed by atoms with Gasteiger partial charge in [-0.05, 0) is 24.6 Å². The summed E-state index contributed by atoms with van der Waals surface area (Å²) >= 11 is 0. The second kappa shape index (κ2) is 5.38. The molecule has 0 spiro atoms. The van der Waals surface area contributed by atoms with Gasteiger partial charge in [-0.1, -0.05) is 12.8 Å². The van der Waals surface area contributed by atoms with Gasteiger partial charge < -0.3 is 5.73 Å². The van der Waals surface area contributed by atoms with E-state index in [0.717, 1.165) is 16.4 Å². The summed E-state index contributed by atoms with van der Waals surface area (Å²) in [6, 6.07) is 2.23. The molecule has 1 aromatic rings. The molecule has 0 atom stereocenters. The van der Waals surface area contributed by atoms with E-state index in [9.17, 15) is 12.8 Å². The van der Waals surface area contributed by atoms with Crippen molar-refractivity contribution in [3.05, 3.63) is 23.5 Å². The first kappa shape index (κ1) is 14.5. The molecule has 18 heavy (non-hydrogen) atoms. The molecule has 0 aliphatic carbocycles. The number of nitrogens with two attached hydrogens (primary N) is 1. The van der Waals surface area contributed by atoms with Crippen LogP contribution in [0.15, 0.2) is 17.0 Å². The van der Waals surface area contributed by atoms with Gasteiger partial charge in [-0.25, -0.2) is 12.8 Å². The van der Waals surface area contributed by atoms with E-state index in [1.54, 1.807) is 6.92 Å². The van der Waals surface area contributed by atoms with Gasteiger partial charge in [0.05, 0.1) is 17.1 Å². The van der Waals surface area contributed by atoms with E-state index < -0.39 is 15.8 Å². The van der Waals surface area contributed by atoms with E-state index in [4.69, 9.17) is 12.2 Å². The second-order valence-corrected chi connectivity index (χ2v) is 5.68. The fourth-order valence-electron chi connectivity index (χ4n) is 1.55. The number of rotatable bonds is 4. The van der Waals surface area contributed by atoms with Gasteiger partial charge in [-0.3, -0.25) is 0 Å². The third kappa shape index (κ3) is 2.63. The largest absolute Gasteiger partial charge is 0.396 e. The van der Waals surface area contributed by atoms with Gasteiger partial charge in [0.2, 0.25) is 10.0 Å². The molecule has 0 saturated heterocycles. The Balaban J connectivity index is 3.37. The van der Waals surface area contributed by atoms with Crippen LogP contribution in [0.5, 0.6) is 0 Å². The van der Waals surface area contributed by atoms with E-state index >= 15 is 0 Å². The lowest BCUT2D eigenvalue weighted by Gasteiger charge is -2.19. The number of halogens is 1. The Morgan fingerprint density at radius 3 is 2.61 bits per heavy atom. The van der Waals surface area contributed by atoms with E-state index in [2.05, 4.69) is 5.92 Å². The number of terminal acetylenes is 1. The number of aryl methyl sites for hydroxylation is 1. The van der Waals surface area contributed by atoms with Crippen LogP contribution in [0.1, 0.15) is 12.5 Å². The van der Waals surface area contributed by atoms with Crippen molar-refractivity contribution in [2.24, 2.45) is 0 Å². The lowest BCUT2D eigenvalue weighted by Crippen LogP contribution is -2.31. The van der Waals surface area contributed by atoms with Gasteiger partial charge in [0.1, 0.15) is 5.82 Å². The quantitative estimate of drug-likeness (QED) is 0.663. The van der Waals surface area contributed by atoms with Crippen molar-refractivity contribution in [2.45, 2.75) is 18.7 Å². The van der Waals surface area contributed by atoms with Crippen molar-refractivity contribution < 1.29 is 12.8 Å². The maximum absolute atomic E-state index is 13.2. The van der Waals surface area contributed by atoms with Gasteiger partial charge in [-0.2, -0.15) is 4.31 Å². The van der Waals surface area contributed by atoms with Crippen LogP contribution >= 0.6 is 0 Å². The Morgan fingerprint density at radius 2 is 2.11 bits per heavy atom. The summed E-state index contributed by atoms with van der Waals surface area (Å²) in [5.74, 6) is 1.65. The molecule has 98 valence electrons. The molecule has 4 nitrogen and oxygen atoms in total. The number of benzene rings is 1. The Hall–Kier alpha value is -1.58. The zero-order valence-electron chi connectivity index (χ0n) is 10.3. The molecule has 0 saturated carbocycles. The average Bonchev–Trinajstić information content (AvgIpc) is 2.30. The third-order valence-electron chi connectivity index (χ3n) is 2.53. The van der Waals surface area contributed by atoms with Gasteiger partial charge in [0.25, 0.3) is 0 Å². The van der Waals surface area contributed by atoms with Crippen molar-refractivity contribution in [3.63, 3.8) is 0 Å². The first-order chi connectivity index (χ1) is 8.34. The number of hydrogen-bond donors (Lipinski definition) is 1. The summed E-state index contributed by atoms with van der Waals surface area (Å²) in [5.41, 5.74) is 5.51. The van der Waals surface area contributed by atoms with Gasteiger partial charge in [-0.15, -0.1) is 6.42 Å². The SMILES string of the molecule is C#CCN(CC)S(=O)(=O)c1cc(N)c(F)cc1C. The maximum atomic E-state index is 13.2. The Bertz CT molecular complexity index is 591. The average molecular weight is 270 g/mol. The fraction of sp³-hybridized carbons (Fsp3) is 0.333. The van der Waals surface area contributed by atoms with Crippen molar-refractivity contribution >= 4 is 15.7 Å². The highest BCUT2D eigenvalue weighted by atomic mass is 32.2. The molecule has 0 aromatic heterocycles. The summed E-state index contributed by atoms with van der Waals surface area (Å²) in [4.78, 5) is -0.0153. The van der Waals surface area contributed by atoms with Crippen LogP contribution in [0.25, 0.3) is 0 Å². The van der Waals surface area contributed by atoms with Crippen molar-refractivity contribution in [3.8, 4) is 12.3 Å². The van der Waals surface area contributed by atoms with E-state index in [1.807, 2.05) is 0 Å². The van der Waals surface area contributed by atoms with Crippen molar-refractivity contribution in [1.82, 2.24) is 4.31 Å². The highest BCUT2D eigenvalue weighted by molar-refractivity contribution is 7.89. The minimum absolute atomic E-state index is 0.0153. The van der Waals surface area contributed by atoms with Crippen LogP contribution in [0.3, 0.4) is 0 Å². The predicted molar refractivity (Wildman–Crippen MR) is 68.8 cm³/mol. The molecule has 6 heteroatoms. The van der Waals surface area contributed by atoms with Gasteiger partial charge >= 0.3 is 0 Å². The molecule has 2 N–H and O–H groups in total. The van der Waals surface area contributed by atoms with E-state index in [-0.39, 0.29) is 23.7 Å². The number of nitrogens with zero attached hydrogens (tertiary/aromatic N) is 1. The Kier molecular flexibility index (Phi) is 4.33. The molecular formula is C12H15FN2O2S. The van der Waals surface area contributed by atoms with Crippen LogP contribution in [0.4, 0.5) is 10.1 Å². The molecule has 0 aliphatic heterocycles. The summed E-state index contributed by atoms with van der Waals surface area (Å²) in [7, 11) is -3.74. The number of anilines is 1. The zero-order chi connectivity index (χ0) is 13.9. The van der Waals surface area contributed by atoms with Crippen LogP contribution in [0, 0.1) is 25.1 Å². The van der Waals surface area contributed by atoms with Gasteiger partial charge in [0.15, 0.2) is 0 Å². The first-order valence-electron chi connectivity index (χ1n) is 5.33. The third-order valence-corrected chi connectivity index (χ3v) is 4.60. The van der Waals surface area contributed by atoms with Crippen LogP contribution < -0.4 is 5.73 Å². The number of hydrogen-bond acceptors (Lipinski definition) is 3. The van der Waals surface area contributed by atoms with Crippen LogP contribution in [-0.2, 0) is 10.0 Å². The number of sulfonamides is 1. The smallest absolute Gasteiger partial charge is 0.244 e.